The summed E-state index contributed by atoms with van der Waals surface area (Å²) in [6, 6.07) is 6.10. The number of carbonyl (C=O) groups is 2. The molecule has 1 aromatic rings. The van der Waals surface area contributed by atoms with Crippen molar-refractivity contribution in [3.8, 4) is 0 Å². The molecule has 0 aliphatic carbocycles. The molecule has 2 aliphatic rings. The Morgan fingerprint density at radius 3 is 2.90 bits per heavy atom. The van der Waals surface area contributed by atoms with Gasteiger partial charge in [0, 0.05) is 4.47 Å². The maximum Gasteiger partial charge on any atom is 0.303 e. The Kier molecular flexibility index (Phi) is 4.13. The maximum atomic E-state index is 12.3. The van der Waals surface area contributed by atoms with Crippen molar-refractivity contribution < 1.29 is 14.5 Å². The van der Waals surface area contributed by atoms with Gasteiger partial charge in [0.2, 0.25) is 0 Å². The van der Waals surface area contributed by atoms with Crippen LogP contribution in [0.2, 0.25) is 0 Å². The van der Waals surface area contributed by atoms with Gasteiger partial charge in [0.25, 0.3) is 5.78 Å². The van der Waals surface area contributed by atoms with Crippen molar-refractivity contribution in [1.29, 1.82) is 0 Å². The highest BCUT2D eigenvalue weighted by molar-refractivity contribution is 9.10. The van der Waals surface area contributed by atoms with Crippen molar-refractivity contribution in [2.24, 2.45) is 0 Å². The van der Waals surface area contributed by atoms with Crippen LogP contribution in [0.25, 0.3) is 0 Å². The Balaban J connectivity index is 1.86. The quantitative estimate of drug-likeness (QED) is 0.843. The first-order valence-corrected chi connectivity index (χ1v) is 8.41. The van der Waals surface area contributed by atoms with E-state index in [1.165, 1.54) is 24.2 Å². The lowest BCUT2D eigenvalue weighted by molar-refractivity contribution is -0.929. The lowest BCUT2D eigenvalue weighted by Gasteiger charge is -2.34. The highest BCUT2D eigenvalue weighted by Crippen LogP contribution is 2.30. The number of carbonyl (C=O) groups excluding carboxylic acids is 2. The van der Waals surface area contributed by atoms with Gasteiger partial charge in [-0.1, -0.05) is 22.9 Å². The van der Waals surface area contributed by atoms with Gasteiger partial charge in [-0.25, -0.2) is 0 Å². The summed E-state index contributed by atoms with van der Waals surface area (Å²) in [4.78, 5) is 27.5. The third-order valence-corrected chi connectivity index (χ3v) is 5.16. The number of amides is 1. The fraction of sp³-hybridized carbons (Fsp3) is 0.500. The first-order valence-electron chi connectivity index (χ1n) is 7.62. The number of hydrogen-bond donors (Lipinski definition) is 1. The number of halogens is 1. The zero-order valence-corrected chi connectivity index (χ0v) is 13.8. The number of ketones is 1. The van der Waals surface area contributed by atoms with E-state index in [1.807, 2.05) is 12.1 Å². The molecule has 0 radical (unpaired) electrons. The second-order valence-corrected chi connectivity index (χ2v) is 6.81. The Hall–Kier alpha value is -1.20. The number of Topliss-reactive ketones (excluding diaryl/α,β-unsaturated/α-hetero) is 1. The number of rotatable bonds is 3. The maximum absolute atomic E-state index is 12.3. The molecule has 2 heterocycles. The number of anilines is 1. The smallest absolute Gasteiger partial charge is 0.303 e. The largest absolute Gasteiger partial charge is 0.315 e. The van der Waals surface area contributed by atoms with Gasteiger partial charge in [-0.15, -0.1) is 0 Å². The molecule has 1 N–H and O–H groups in total. The van der Waals surface area contributed by atoms with Crippen molar-refractivity contribution in [3.05, 3.63) is 28.2 Å². The summed E-state index contributed by atoms with van der Waals surface area (Å²) in [6.45, 7) is 3.90. The molecule has 0 bridgehead atoms. The van der Waals surface area contributed by atoms with Crippen LogP contribution < -0.4 is 9.80 Å². The van der Waals surface area contributed by atoms with Gasteiger partial charge in [-0.05, 0) is 43.9 Å². The minimum atomic E-state index is -0.379. The molecule has 0 spiro atoms. The van der Waals surface area contributed by atoms with Gasteiger partial charge in [-0.3, -0.25) is 14.5 Å². The molecule has 0 saturated carbocycles. The number of nitrogens with zero attached hydrogens (tertiary/aromatic N) is 1. The van der Waals surface area contributed by atoms with Gasteiger partial charge < -0.3 is 4.90 Å². The summed E-state index contributed by atoms with van der Waals surface area (Å²) in [5.41, 5.74) is 1.29. The molecule has 0 aromatic heterocycles. The topological polar surface area (TPSA) is 41.8 Å². The standard InChI is InChI=1S/C16H19BrN2O2/c1-2-12-5-3-4-8-18(12)10-19-14-7-6-11(17)9-13(14)15(20)16(19)21/h6-7,9,12H,2-5,8,10H2,1H3/p+1/t12-/m1/s1. The minimum Gasteiger partial charge on any atom is -0.315 e. The van der Waals surface area contributed by atoms with Crippen LogP contribution in [-0.4, -0.2) is 30.9 Å². The molecule has 3 rings (SSSR count). The molecule has 2 aliphatic heterocycles. The molecular formula is C16H20BrN2O2+. The number of quaternary nitrogens is 1. The summed E-state index contributed by atoms with van der Waals surface area (Å²) < 4.78 is 0.834. The van der Waals surface area contributed by atoms with E-state index in [0.717, 1.165) is 23.1 Å². The molecule has 1 saturated heterocycles. The number of likely N-dealkylation sites (tertiary alicyclic amines) is 1. The third-order valence-electron chi connectivity index (χ3n) is 4.67. The summed E-state index contributed by atoms with van der Waals surface area (Å²) in [6.07, 6.45) is 4.82. The Bertz CT molecular complexity index is 588. The summed E-state index contributed by atoms with van der Waals surface area (Å²) in [5.74, 6) is -0.758. The van der Waals surface area contributed by atoms with Crippen molar-refractivity contribution in [3.63, 3.8) is 0 Å². The van der Waals surface area contributed by atoms with Gasteiger partial charge >= 0.3 is 5.91 Å². The molecule has 1 fully saturated rings. The van der Waals surface area contributed by atoms with E-state index in [9.17, 15) is 9.59 Å². The molecule has 21 heavy (non-hydrogen) atoms. The lowest BCUT2D eigenvalue weighted by Crippen LogP contribution is -3.18. The van der Waals surface area contributed by atoms with E-state index in [0.29, 0.717) is 18.3 Å². The van der Waals surface area contributed by atoms with E-state index in [1.54, 1.807) is 11.0 Å². The normalized spacial score (nSPS) is 25.3. The van der Waals surface area contributed by atoms with Crippen molar-refractivity contribution in [2.75, 3.05) is 18.1 Å². The van der Waals surface area contributed by atoms with E-state index < -0.39 is 0 Å². The zero-order chi connectivity index (χ0) is 15.0. The number of fused-ring (bicyclic) bond motifs is 1. The molecule has 2 atom stereocenters. The summed E-state index contributed by atoms with van der Waals surface area (Å²) in [5, 5.41) is 0. The average molecular weight is 352 g/mol. The molecule has 1 amide bonds. The van der Waals surface area contributed by atoms with Crippen LogP contribution in [0.5, 0.6) is 0 Å². The van der Waals surface area contributed by atoms with Crippen LogP contribution >= 0.6 is 15.9 Å². The van der Waals surface area contributed by atoms with Crippen LogP contribution in [0, 0.1) is 0 Å². The molecule has 1 unspecified atom stereocenters. The van der Waals surface area contributed by atoms with Crippen LogP contribution in [-0.2, 0) is 4.79 Å². The summed E-state index contributed by atoms with van der Waals surface area (Å²) >= 11 is 3.36. The molecule has 1 aromatic carbocycles. The molecular weight excluding hydrogens is 332 g/mol. The van der Waals surface area contributed by atoms with E-state index in [2.05, 4.69) is 22.9 Å². The highest BCUT2D eigenvalue weighted by Gasteiger charge is 2.39. The van der Waals surface area contributed by atoms with E-state index >= 15 is 0 Å². The Labute approximate surface area is 133 Å². The predicted molar refractivity (Wildman–Crippen MR) is 84.6 cm³/mol. The van der Waals surface area contributed by atoms with Crippen LogP contribution in [0.4, 0.5) is 5.69 Å². The number of nitrogens with one attached hydrogen (secondary N) is 1. The van der Waals surface area contributed by atoms with Crippen molar-refractivity contribution in [2.45, 2.75) is 38.6 Å². The van der Waals surface area contributed by atoms with Gasteiger partial charge in [-0.2, -0.15) is 0 Å². The van der Waals surface area contributed by atoms with Crippen molar-refractivity contribution >= 4 is 33.3 Å². The van der Waals surface area contributed by atoms with Gasteiger partial charge in [0.15, 0.2) is 6.67 Å². The first kappa shape index (κ1) is 14.7. The second-order valence-electron chi connectivity index (χ2n) is 5.89. The van der Waals surface area contributed by atoms with Gasteiger partial charge in [0.1, 0.15) is 0 Å². The van der Waals surface area contributed by atoms with Crippen molar-refractivity contribution in [1.82, 2.24) is 0 Å². The van der Waals surface area contributed by atoms with Crippen LogP contribution in [0.1, 0.15) is 43.0 Å². The highest BCUT2D eigenvalue weighted by atomic mass is 79.9. The van der Waals surface area contributed by atoms with E-state index in [-0.39, 0.29) is 11.7 Å². The predicted octanol–water partition coefficient (Wildman–Crippen LogP) is 1.78. The number of benzene rings is 1. The SMILES string of the molecule is CC[C@@H]1CCCC[NH+]1CN1C(=O)C(=O)c2cc(Br)ccc21. The number of piperidine rings is 1. The first-order chi connectivity index (χ1) is 10.1. The minimum absolute atomic E-state index is 0.379. The lowest BCUT2D eigenvalue weighted by atomic mass is 10.0. The van der Waals surface area contributed by atoms with E-state index in [4.69, 9.17) is 0 Å². The monoisotopic (exact) mass is 351 g/mol. The third kappa shape index (κ3) is 2.64. The van der Waals surface area contributed by atoms with Crippen LogP contribution in [0.3, 0.4) is 0 Å². The average Bonchev–Trinajstić information content (AvgIpc) is 2.73. The molecule has 112 valence electrons. The second kappa shape index (κ2) is 5.89. The summed E-state index contributed by atoms with van der Waals surface area (Å²) in [7, 11) is 0. The fourth-order valence-electron chi connectivity index (χ4n) is 3.48. The molecule has 5 heteroatoms. The van der Waals surface area contributed by atoms with Gasteiger partial charge in [0.05, 0.1) is 23.8 Å². The fourth-order valence-corrected chi connectivity index (χ4v) is 3.85. The Morgan fingerprint density at radius 2 is 2.14 bits per heavy atom. The zero-order valence-electron chi connectivity index (χ0n) is 12.2. The number of hydrogen-bond acceptors (Lipinski definition) is 2. The van der Waals surface area contributed by atoms with Crippen LogP contribution in [0.15, 0.2) is 22.7 Å². The Morgan fingerprint density at radius 1 is 1.33 bits per heavy atom. The molecule has 4 nitrogen and oxygen atoms in total.